The van der Waals surface area contributed by atoms with Gasteiger partial charge in [0.25, 0.3) is 0 Å². The van der Waals surface area contributed by atoms with Crippen LogP contribution in [0.5, 0.6) is 5.75 Å². The van der Waals surface area contributed by atoms with Gasteiger partial charge in [-0.25, -0.2) is 4.98 Å². The zero-order chi connectivity index (χ0) is 23.6. The van der Waals surface area contributed by atoms with Gasteiger partial charge in [0, 0.05) is 26.6 Å². The number of hydrogen-bond donors (Lipinski definition) is 1. The van der Waals surface area contributed by atoms with Gasteiger partial charge in [-0.15, -0.1) is 0 Å². The lowest BCUT2D eigenvalue weighted by Gasteiger charge is -2.15. The van der Waals surface area contributed by atoms with E-state index in [1.54, 1.807) is 0 Å². The summed E-state index contributed by atoms with van der Waals surface area (Å²) in [5.41, 5.74) is 4.68. The maximum absolute atomic E-state index is 11.6. The Morgan fingerprint density at radius 2 is 1.94 bits per heavy atom. The third kappa shape index (κ3) is 7.06. The lowest BCUT2D eigenvalue weighted by molar-refractivity contribution is -0.124. The van der Waals surface area contributed by atoms with E-state index in [0.717, 1.165) is 54.8 Å². The van der Waals surface area contributed by atoms with Crippen LogP contribution in [0.15, 0.2) is 42.5 Å². The number of para-hydroxylation sites is 2. The highest BCUT2D eigenvalue weighted by Crippen LogP contribution is 2.27. The van der Waals surface area contributed by atoms with Crippen molar-refractivity contribution in [2.45, 2.75) is 58.9 Å². The zero-order valence-corrected chi connectivity index (χ0v) is 20.4. The number of rotatable bonds is 13. The molecule has 2 aromatic carbocycles. The van der Waals surface area contributed by atoms with Crippen LogP contribution in [0, 0.1) is 6.92 Å². The molecule has 0 aliphatic carbocycles. The lowest BCUT2D eigenvalue weighted by atomic mass is 10.0. The molecule has 0 saturated carbocycles. The first kappa shape index (κ1) is 24.8. The van der Waals surface area contributed by atoms with Gasteiger partial charge < -0.3 is 19.4 Å². The number of unbranched alkanes of at least 4 members (excludes halogenated alkanes) is 1. The average molecular weight is 452 g/mol. The first-order valence-electron chi connectivity index (χ1n) is 11.9. The number of ether oxygens (including phenoxy) is 2. The van der Waals surface area contributed by atoms with Crippen LogP contribution >= 0.6 is 0 Å². The number of nitrogens with one attached hydrogen (secondary N) is 1. The van der Waals surface area contributed by atoms with Crippen molar-refractivity contribution in [2.24, 2.45) is 0 Å². The van der Waals surface area contributed by atoms with Crippen LogP contribution in [0.1, 0.15) is 56.0 Å². The third-order valence-electron chi connectivity index (χ3n) is 5.73. The molecule has 0 aliphatic rings. The minimum Gasteiger partial charge on any atom is -0.493 e. The average Bonchev–Trinajstić information content (AvgIpc) is 3.14. The van der Waals surface area contributed by atoms with Crippen LogP contribution < -0.4 is 10.1 Å². The number of aryl methyl sites for hydroxylation is 3. The maximum atomic E-state index is 11.6. The molecule has 6 heteroatoms. The molecule has 3 rings (SSSR count). The molecule has 3 aromatic rings. The number of imidazole rings is 1. The molecule has 1 aromatic heterocycles. The van der Waals surface area contributed by atoms with E-state index in [2.05, 4.69) is 67.1 Å². The second-order valence-electron chi connectivity index (χ2n) is 8.81. The molecule has 0 aliphatic heterocycles. The number of nitrogens with zero attached hydrogens (tertiary/aromatic N) is 2. The van der Waals surface area contributed by atoms with Crippen molar-refractivity contribution >= 4 is 16.9 Å². The number of aromatic nitrogens is 2. The van der Waals surface area contributed by atoms with Crippen LogP contribution in [0.4, 0.5) is 0 Å². The van der Waals surface area contributed by atoms with Crippen molar-refractivity contribution in [1.29, 1.82) is 0 Å². The Morgan fingerprint density at radius 3 is 2.73 bits per heavy atom. The molecule has 0 unspecified atom stereocenters. The van der Waals surface area contributed by atoms with E-state index in [1.807, 2.05) is 6.07 Å². The van der Waals surface area contributed by atoms with Crippen molar-refractivity contribution in [3.8, 4) is 5.75 Å². The van der Waals surface area contributed by atoms with E-state index < -0.39 is 0 Å². The fourth-order valence-corrected chi connectivity index (χ4v) is 4.02. The largest absolute Gasteiger partial charge is 0.493 e. The van der Waals surface area contributed by atoms with Gasteiger partial charge in [0.2, 0.25) is 5.91 Å². The number of carbonyl (C=O) groups is 1. The molecule has 1 N–H and O–H groups in total. The van der Waals surface area contributed by atoms with Crippen molar-refractivity contribution in [2.75, 3.05) is 26.9 Å². The minimum atomic E-state index is -0.0831. The summed E-state index contributed by atoms with van der Waals surface area (Å²) < 4.78 is 13.3. The van der Waals surface area contributed by atoms with E-state index in [0.29, 0.717) is 19.1 Å². The van der Waals surface area contributed by atoms with Gasteiger partial charge in [-0.1, -0.05) is 38.1 Å². The predicted octanol–water partition coefficient (Wildman–Crippen LogP) is 5.02. The molecule has 1 heterocycles. The molecule has 6 nitrogen and oxygen atoms in total. The molecule has 178 valence electrons. The molecular weight excluding hydrogens is 414 g/mol. The topological polar surface area (TPSA) is 65.4 Å². The molecule has 0 spiro atoms. The third-order valence-corrected chi connectivity index (χ3v) is 5.73. The number of hydrogen-bond acceptors (Lipinski definition) is 4. The van der Waals surface area contributed by atoms with E-state index >= 15 is 0 Å². The monoisotopic (exact) mass is 451 g/mol. The minimum absolute atomic E-state index is 0.0831. The van der Waals surface area contributed by atoms with Crippen molar-refractivity contribution in [3.05, 3.63) is 59.4 Å². The fraction of sp³-hybridized carbons (Fsp3) is 0.481. The van der Waals surface area contributed by atoms with Gasteiger partial charge in [-0.2, -0.15) is 0 Å². The molecule has 0 saturated heterocycles. The normalized spacial score (nSPS) is 11.3. The van der Waals surface area contributed by atoms with E-state index in [1.165, 1.54) is 18.2 Å². The standard InChI is InChI=1S/C27H37N3O3/c1-20(2)22-14-13-21(3)18-25(22)33-17-8-7-16-30-24-11-6-5-10-23(24)29-26(30)12-9-15-28-27(31)19-32-4/h5-6,10-11,13-14,18,20H,7-9,12,15-17,19H2,1-4H3,(H,28,31). The molecular formula is C27H37N3O3. The Balaban J connectivity index is 1.55. The first-order valence-corrected chi connectivity index (χ1v) is 11.9. The summed E-state index contributed by atoms with van der Waals surface area (Å²) in [7, 11) is 1.52. The Bertz CT molecular complexity index is 1040. The highest BCUT2D eigenvalue weighted by atomic mass is 16.5. The maximum Gasteiger partial charge on any atom is 0.245 e. The molecule has 0 atom stereocenters. The summed E-state index contributed by atoms with van der Waals surface area (Å²) >= 11 is 0. The van der Waals surface area contributed by atoms with E-state index in [9.17, 15) is 4.79 Å². The SMILES string of the molecule is COCC(=O)NCCCc1nc2ccccc2n1CCCCOc1cc(C)ccc1C(C)C. The molecule has 1 amide bonds. The number of fused-ring (bicyclic) bond motifs is 1. The number of amides is 1. The summed E-state index contributed by atoms with van der Waals surface area (Å²) in [5, 5.41) is 2.88. The van der Waals surface area contributed by atoms with E-state index in [4.69, 9.17) is 14.5 Å². The number of benzene rings is 2. The Morgan fingerprint density at radius 1 is 1.12 bits per heavy atom. The molecule has 0 bridgehead atoms. The van der Waals surface area contributed by atoms with Crippen molar-refractivity contribution < 1.29 is 14.3 Å². The van der Waals surface area contributed by atoms with Gasteiger partial charge >= 0.3 is 0 Å². The summed E-state index contributed by atoms with van der Waals surface area (Å²) in [5.74, 6) is 2.44. The Kier molecular flexibility index (Phi) is 9.31. The van der Waals surface area contributed by atoms with Crippen LogP contribution in [0.25, 0.3) is 11.0 Å². The van der Waals surface area contributed by atoms with Gasteiger partial charge in [-0.05, 0) is 61.4 Å². The zero-order valence-electron chi connectivity index (χ0n) is 20.4. The second-order valence-corrected chi connectivity index (χ2v) is 8.81. The highest BCUT2D eigenvalue weighted by molar-refractivity contribution is 5.77. The van der Waals surface area contributed by atoms with Gasteiger partial charge in [-0.3, -0.25) is 4.79 Å². The first-order chi connectivity index (χ1) is 16.0. The smallest absolute Gasteiger partial charge is 0.245 e. The summed E-state index contributed by atoms with van der Waals surface area (Å²) in [4.78, 5) is 16.4. The predicted molar refractivity (Wildman–Crippen MR) is 133 cm³/mol. The molecule has 0 fully saturated rings. The molecule has 0 radical (unpaired) electrons. The van der Waals surface area contributed by atoms with Crippen molar-refractivity contribution in [1.82, 2.24) is 14.9 Å². The molecule has 33 heavy (non-hydrogen) atoms. The highest BCUT2D eigenvalue weighted by Gasteiger charge is 2.11. The Labute approximate surface area is 197 Å². The number of carbonyl (C=O) groups excluding carboxylic acids is 1. The van der Waals surface area contributed by atoms with Gasteiger partial charge in [0.05, 0.1) is 17.6 Å². The summed E-state index contributed by atoms with van der Waals surface area (Å²) in [6.07, 6.45) is 3.65. The van der Waals surface area contributed by atoms with Crippen LogP contribution in [-0.2, 0) is 22.5 Å². The Hall–Kier alpha value is -2.86. The van der Waals surface area contributed by atoms with E-state index in [-0.39, 0.29) is 12.5 Å². The van der Waals surface area contributed by atoms with Gasteiger partial charge in [0.15, 0.2) is 0 Å². The van der Waals surface area contributed by atoms with Crippen molar-refractivity contribution in [3.63, 3.8) is 0 Å². The van der Waals surface area contributed by atoms with Gasteiger partial charge in [0.1, 0.15) is 18.2 Å². The van der Waals surface area contributed by atoms with Crippen LogP contribution in [0.3, 0.4) is 0 Å². The quantitative estimate of drug-likeness (QED) is 0.371. The van der Waals surface area contributed by atoms with Crippen LogP contribution in [0.2, 0.25) is 0 Å². The summed E-state index contributed by atoms with van der Waals surface area (Å²) in [6, 6.07) is 14.7. The fourth-order valence-electron chi connectivity index (χ4n) is 4.02. The number of methoxy groups -OCH3 is 1. The summed E-state index contributed by atoms with van der Waals surface area (Å²) in [6.45, 7) is 8.83. The lowest BCUT2D eigenvalue weighted by Crippen LogP contribution is -2.28. The second kappa shape index (κ2) is 12.4. The van der Waals surface area contributed by atoms with Crippen LogP contribution in [-0.4, -0.2) is 42.3 Å².